The molecule has 3 heterocycles. The molecule has 3 aromatic rings. The van der Waals surface area contributed by atoms with Crippen LogP contribution in [0, 0.1) is 13.8 Å². The molecule has 1 aromatic carbocycles. The first-order valence-corrected chi connectivity index (χ1v) is 8.25. The van der Waals surface area contributed by atoms with E-state index in [1.54, 1.807) is 0 Å². The third kappa shape index (κ3) is 2.59. The first kappa shape index (κ1) is 16.2. The highest BCUT2D eigenvalue weighted by Gasteiger charge is 2.36. The van der Waals surface area contributed by atoms with Crippen LogP contribution in [0.1, 0.15) is 33.1 Å². The van der Waals surface area contributed by atoms with Crippen molar-refractivity contribution in [2.75, 3.05) is 0 Å². The van der Waals surface area contributed by atoms with Crippen LogP contribution in [-0.4, -0.2) is 47.5 Å². The number of fused-ring (bicyclic) bond motifs is 2. The van der Waals surface area contributed by atoms with E-state index in [0.717, 1.165) is 22.5 Å². The number of aromatic nitrogens is 4. The van der Waals surface area contributed by atoms with Crippen LogP contribution in [0.25, 0.3) is 5.78 Å². The third-order valence-electron chi connectivity index (χ3n) is 4.60. The number of aliphatic carboxylic acids is 1. The first-order chi connectivity index (χ1) is 12.4. The molecule has 1 atom stereocenters. The summed E-state index contributed by atoms with van der Waals surface area (Å²) in [4.78, 5) is 34.5. The number of carbonyl (C=O) groups is 2. The second-order valence-electron chi connectivity index (χ2n) is 6.45. The van der Waals surface area contributed by atoms with Gasteiger partial charge in [0.1, 0.15) is 6.04 Å². The maximum Gasteiger partial charge on any atom is 0.326 e. The molecular weight excluding hydrogens is 334 g/mol. The molecule has 0 unspecified atom stereocenters. The summed E-state index contributed by atoms with van der Waals surface area (Å²) < 4.78 is 1.49. The Morgan fingerprint density at radius 3 is 2.62 bits per heavy atom. The normalized spacial score (nSPS) is 16.5. The molecule has 4 rings (SSSR count). The number of aryl methyl sites for hydroxylation is 2. The number of amides is 1. The lowest BCUT2D eigenvalue weighted by Gasteiger charge is -2.33. The summed E-state index contributed by atoms with van der Waals surface area (Å²) in [6.45, 7) is 3.90. The highest BCUT2D eigenvalue weighted by Crippen LogP contribution is 2.24. The van der Waals surface area contributed by atoms with Gasteiger partial charge < -0.3 is 10.0 Å². The topological polar surface area (TPSA) is 101 Å². The largest absolute Gasteiger partial charge is 0.480 e. The molecule has 132 valence electrons. The lowest BCUT2D eigenvalue weighted by atomic mass is 9.94. The molecule has 1 aliphatic rings. The summed E-state index contributed by atoms with van der Waals surface area (Å²) in [6, 6.07) is 8.44. The van der Waals surface area contributed by atoms with Gasteiger partial charge in [-0.1, -0.05) is 24.3 Å². The van der Waals surface area contributed by atoms with Gasteiger partial charge in [-0.2, -0.15) is 4.98 Å². The number of carbonyl (C=O) groups excluding carboxylic acids is 1. The van der Waals surface area contributed by atoms with Crippen LogP contribution in [0.5, 0.6) is 0 Å². The fourth-order valence-electron chi connectivity index (χ4n) is 3.34. The Morgan fingerprint density at radius 1 is 1.15 bits per heavy atom. The average Bonchev–Trinajstić information content (AvgIpc) is 3.04. The third-order valence-corrected chi connectivity index (χ3v) is 4.60. The predicted molar refractivity (Wildman–Crippen MR) is 91.7 cm³/mol. The van der Waals surface area contributed by atoms with Gasteiger partial charge in [0.2, 0.25) is 5.82 Å². The van der Waals surface area contributed by atoms with E-state index in [2.05, 4.69) is 15.1 Å². The Kier molecular flexibility index (Phi) is 3.68. The van der Waals surface area contributed by atoms with E-state index in [4.69, 9.17) is 0 Å². The standard InChI is InChI=1S/C18H17N5O3/c1-10-7-11(2)23-18(19-10)20-15(21-23)16(24)22-9-13-6-4-3-5-12(13)8-14(22)17(25)26/h3-7,14H,8-9H2,1-2H3,(H,25,26)/t14-/m0/s1. The van der Waals surface area contributed by atoms with E-state index in [9.17, 15) is 14.7 Å². The zero-order chi connectivity index (χ0) is 18.4. The highest BCUT2D eigenvalue weighted by atomic mass is 16.4. The van der Waals surface area contributed by atoms with Crippen LogP contribution in [0.3, 0.4) is 0 Å². The van der Waals surface area contributed by atoms with Gasteiger partial charge in [-0.15, -0.1) is 5.10 Å². The van der Waals surface area contributed by atoms with Gasteiger partial charge in [0.25, 0.3) is 11.7 Å². The second-order valence-corrected chi connectivity index (χ2v) is 6.45. The zero-order valence-corrected chi connectivity index (χ0v) is 14.4. The molecule has 0 bridgehead atoms. The molecule has 1 aliphatic heterocycles. The molecule has 1 N–H and O–H groups in total. The Morgan fingerprint density at radius 2 is 1.88 bits per heavy atom. The Bertz CT molecular complexity index is 1040. The predicted octanol–water partition coefficient (Wildman–Crippen LogP) is 1.39. The minimum Gasteiger partial charge on any atom is -0.480 e. The van der Waals surface area contributed by atoms with Crippen molar-refractivity contribution in [2.24, 2.45) is 0 Å². The molecule has 26 heavy (non-hydrogen) atoms. The van der Waals surface area contributed by atoms with Crippen molar-refractivity contribution in [3.8, 4) is 0 Å². The van der Waals surface area contributed by atoms with Gasteiger partial charge in [-0.25, -0.2) is 14.3 Å². The number of hydrogen-bond acceptors (Lipinski definition) is 5. The summed E-state index contributed by atoms with van der Waals surface area (Å²) in [6.07, 6.45) is 0.265. The van der Waals surface area contributed by atoms with Crippen molar-refractivity contribution in [3.63, 3.8) is 0 Å². The minimum atomic E-state index is -1.04. The second kappa shape index (κ2) is 5.91. The number of hydrogen-bond donors (Lipinski definition) is 1. The molecule has 8 nitrogen and oxygen atoms in total. The number of rotatable bonds is 2. The molecular formula is C18H17N5O3. The maximum atomic E-state index is 13.0. The molecule has 1 amide bonds. The molecule has 8 heteroatoms. The van der Waals surface area contributed by atoms with Crippen molar-refractivity contribution in [1.29, 1.82) is 0 Å². The van der Waals surface area contributed by atoms with E-state index in [-0.39, 0.29) is 18.8 Å². The molecule has 0 fully saturated rings. The van der Waals surface area contributed by atoms with Crippen LogP contribution in [0.4, 0.5) is 0 Å². The van der Waals surface area contributed by atoms with E-state index in [1.165, 1.54) is 9.42 Å². The van der Waals surface area contributed by atoms with E-state index >= 15 is 0 Å². The lowest BCUT2D eigenvalue weighted by Crippen LogP contribution is -2.49. The quantitative estimate of drug-likeness (QED) is 0.749. The SMILES string of the molecule is Cc1cc(C)n2nc(C(=O)N3Cc4ccccc4C[C@H]3C(=O)O)nc2n1. The Balaban J connectivity index is 1.74. The van der Waals surface area contributed by atoms with Gasteiger partial charge in [0.15, 0.2) is 0 Å². The Hall–Kier alpha value is -3.29. The summed E-state index contributed by atoms with van der Waals surface area (Å²) in [5.41, 5.74) is 3.46. The minimum absolute atomic E-state index is 0.0446. The lowest BCUT2D eigenvalue weighted by molar-refractivity contribution is -0.142. The van der Waals surface area contributed by atoms with Crippen LogP contribution in [-0.2, 0) is 17.8 Å². The monoisotopic (exact) mass is 351 g/mol. The Labute approximate surface area is 149 Å². The van der Waals surface area contributed by atoms with Crippen LogP contribution >= 0.6 is 0 Å². The van der Waals surface area contributed by atoms with Gasteiger partial charge >= 0.3 is 5.97 Å². The van der Waals surface area contributed by atoms with Crippen LogP contribution < -0.4 is 0 Å². The fourth-order valence-corrected chi connectivity index (χ4v) is 3.34. The van der Waals surface area contributed by atoms with E-state index in [0.29, 0.717) is 5.78 Å². The molecule has 0 radical (unpaired) electrons. The summed E-state index contributed by atoms with van der Waals surface area (Å²) in [5, 5.41) is 13.8. The smallest absolute Gasteiger partial charge is 0.326 e. The van der Waals surface area contributed by atoms with Crippen molar-refractivity contribution < 1.29 is 14.7 Å². The first-order valence-electron chi connectivity index (χ1n) is 8.25. The number of nitrogens with zero attached hydrogens (tertiary/aromatic N) is 5. The van der Waals surface area contributed by atoms with Crippen LogP contribution in [0.2, 0.25) is 0 Å². The molecule has 0 aliphatic carbocycles. The number of carboxylic acids is 1. The molecule has 0 spiro atoms. The maximum absolute atomic E-state index is 13.0. The van der Waals surface area contributed by atoms with Gasteiger partial charge in [0.05, 0.1) is 0 Å². The summed E-state index contributed by atoms with van der Waals surface area (Å²) >= 11 is 0. The summed E-state index contributed by atoms with van der Waals surface area (Å²) in [7, 11) is 0. The molecule has 0 saturated heterocycles. The number of carboxylic acid groups (broad SMARTS) is 1. The van der Waals surface area contributed by atoms with Crippen molar-refractivity contribution in [1.82, 2.24) is 24.5 Å². The number of benzene rings is 1. The van der Waals surface area contributed by atoms with Crippen molar-refractivity contribution in [3.05, 3.63) is 58.7 Å². The van der Waals surface area contributed by atoms with E-state index < -0.39 is 17.9 Å². The fraction of sp³-hybridized carbons (Fsp3) is 0.278. The highest BCUT2D eigenvalue weighted by molar-refractivity contribution is 5.94. The van der Waals surface area contributed by atoms with E-state index in [1.807, 2.05) is 44.2 Å². The van der Waals surface area contributed by atoms with Gasteiger partial charge in [0, 0.05) is 24.4 Å². The van der Waals surface area contributed by atoms with Crippen molar-refractivity contribution in [2.45, 2.75) is 32.9 Å². The zero-order valence-electron chi connectivity index (χ0n) is 14.4. The van der Waals surface area contributed by atoms with Gasteiger partial charge in [-0.3, -0.25) is 4.79 Å². The van der Waals surface area contributed by atoms with Crippen molar-refractivity contribution >= 4 is 17.7 Å². The van der Waals surface area contributed by atoms with Gasteiger partial charge in [-0.05, 0) is 31.0 Å². The molecule has 0 saturated carbocycles. The van der Waals surface area contributed by atoms with Crippen LogP contribution in [0.15, 0.2) is 30.3 Å². The molecule has 2 aromatic heterocycles. The summed E-state index contributed by atoms with van der Waals surface area (Å²) in [5.74, 6) is -1.26. The average molecular weight is 351 g/mol.